The average Bonchev–Trinajstić information content (AvgIpc) is 2.28. The Kier molecular flexibility index (Phi) is 3.38. The van der Waals surface area contributed by atoms with Crippen LogP contribution < -0.4 is 4.90 Å². The largest absolute Gasteiger partial charge is 0.480 e. The summed E-state index contributed by atoms with van der Waals surface area (Å²) in [5.74, 6) is -0.307. The van der Waals surface area contributed by atoms with Gasteiger partial charge in [0.1, 0.15) is 6.04 Å². The highest BCUT2D eigenvalue weighted by atomic mass is 32.2. The van der Waals surface area contributed by atoms with E-state index in [9.17, 15) is 9.59 Å². The Morgan fingerprint density at radius 2 is 2.29 bits per heavy atom. The van der Waals surface area contributed by atoms with Gasteiger partial charge < -0.3 is 5.11 Å². The first-order chi connectivity index (χ1) is 8.09. The minimum atomic E-state index is -0.952. The second-order valence-electron chi connectivity index (χ2n) is 3.97. The number of amides is 1. The predicted molar refractivity (Wildman–Crippen MR) is 67.4 cm³/mol. The number of carboxylic acids is 1. The summed E-state index contributed by atoms with van der Waals surface area (Å²) in [6.45, 7) is 1.92. The minimum Gasteiger partial charge on any atom is -0.480 e. The molecule has 0 aromatic heterocycles. The van der Waals surface area contributed by atoms with Crippen LogP contribution >= 0.6 is 11.8 Å². The maximum atomic E-state index is 11.9. The van der Waals surface area contributed by atoms with Gasteiger partial charge in [-0.25, -0.2) is 4.79 Å². The van der Waals surface area contributed by atoms with Crippen molar-refractivity contribution >= 4 is 29.3 Å². The molecule has 0 radical (unpaired) electrons. The quantitative estimate of drug-likeness (QED) is 0.866. The van der Waals surface area contributed by atoms with Crippen LogP contribution in [0.4, 0.5) is 5.69 Å². The number of carboxylic acid groups (broad SMARTS) is 1. The molecule has 5 heteroatoms. The lowest BCUT2D eigenvalue weighted by molar-refractivity contribution is -0.139. The number of aliphatic carboxylic acids is 1. The fourth-order valence-corrected chi connectivity index (χ4v) is 2.81. The fraction of sp³-hybridized carbons (Fsp3) is 0.333. The molecule has 0 bridgehead atoms. The number of rotatable bonds is 2. The predicted octanol–water partition coefficient (Wildman–Crippen LogP) is 1.53. The highest BCUT2D eigenvalue weighted by Gasteiger charge is 2.34. The second kappa shape index (κ2) is 4.79. The molecule has 1 N–H and O–H groups in total. The van der Waals surface area contributed by atoms with Crippen molar-refractivity contribution in [2.75, 3.05) is 16.4 Å². The topological polar surface area (TPSA) is 57.6 Å². The summed E-state index contributed by atoms with van der Waals surface area (Å²) >= 11 is 1.37. The van der Waals surface area contributed by atoms with Gasteiger partial charge in [0.15, 0.2) is 0 Å². The van der Waals surface area contributed by atoms with Gasteiger partial charge in [0.05, 0.1) is 5.75 Å². The second-order valence-corrected chi connectivity index (χ2v) is 5.00. The van der Waals surface area contributed by atoms with E-state index in [-0.39, 0.29) is 5.91 Å². The number of hydrogen-bond donors (Lipinski definition) is 1. The first-order valence-corrected chi connectivity index (χ1v) is 6.44. The van der Waals surface area contributed by atoms with Crippen molar-refractivity contribution in [3.63, 3.8) is 0 Å². The molecule has 1 heterocycles. The Morgan fingerprint density at radius 3 is 2.94 bits per heavy atom. The van der Waals surface area contributed by atoms with Crippen molar-refractivity contribution in [2.45, 2.75) is 13.0 Å². The van der Waals surface area contributed by atoms with E-state index in [0.29, 0.717) is 17.2 Å². The van der Waals surface area contributed by atoms with E-state index in [0.717, 1.165) is 5.56 Å². The summed E-state index contributed by atoms with van der Waals surface area (Å²) < 4.78 is 0. The molecule has 17 heavy (non-hydrogen) atoms. The highest BCUT2D eigenvalue weighted by Crippen LogP contribution is 2.25. The van der Waals surface area contributed by atoms with Crippen LogP contribution in [0.25, 0.3) is 0 Å². The molecule has 1 aromatic rings. The van der Waals surface area contributed by atoms with E-state index < -0.39 is 12.0 Å². The molecule has 4 nitrogen and oxygen atoms in total. The molecule has 1 fully saturated rings. The molecule has 1 unspecified atom stereocenters. The molecule has 0 spiro atoms. The molecule has 1 saturated heterocycles. The van der Waals surface area contributed by atoms with Gasteiger partial charge in [-0.1, -0.05) is 12.1 Å². The summed E-state index contributed by atoms with van der Waals surface area (Å²) in [6, 6.07) is 6.60. The zero-order valence-corrected chi connectivity index (χ0v) is 10.2. The average molecular weight is 251 g/mol. The van der Waals surface area contributed by atoms with Gasteiger partial charge in [0, 0.05) is 11.4 Å². The van der Waals surface area contributed by atoms with Crippen molar-refractivity contribution in [3.8, 4) is 0 Å². The first-order valence-electron chi connectivity index (χ1n) is 5.29. The number of nitrogens with zero attached hydrogens (tertiary/aromatic N) is 1. The number of anilines is 1. The van der Waals surface area contributed by atoms with Crippen molar-refractivity contribution in [2.24, 2.45) is 0 Å². The summed E-state index contributed by atoms with van der Waals surface area (Å²) in [5, 5.41) is 9.15. The molecular weight excluding hydrogens is 238 g/mol. The molecule has 1 atom stereocenters. The normalized spacial score (nSPS) is 20.4. The van der Waals surface area contributed by atoms with Gasteiger partial charge >= 0.3 is 5.97 Å². The first kappa shape index (κ1) is 12.0. The van der Waals surface area contributed by atoms with Crippen LogP contribution in [0.3, 0.4) is 0 Å². The lowest BCUT2D eigenvalue weighted by Gasteiger charge is -2.32. The third-order valence-electron chi connectivity index (χ3n) is 2.65. The van der Waals surface area contributed by atoms with Gasteiger partial charge in [0.25, 0.3) is 0 Å². The van der Waals surface area contributed by atoms with Gasteiger partial charge in [-0.2, -0.15) is 0 Å². The van der Waals surface area contributed by atoms with E-state index in [1.807, 2.05) is 25.1 Å². The van der Waals surface area contributed by atoms with Gasteiger partial charge in [0.2, 0.25) is 5.91 Å². The number of thioether (sulfide) groups is 1. The lowest BCUT2D eigenvalue weighted by atomic mass is 10.1. The monoisotopic (exact) mass is 251 g/mol. The van der Waals surface area contributed by atoms with Crippen molar-refractivity contribution < 1.29 is 14.7 Å². The Balaban J connectivity index is 2.38. The van der Waals surface area contributed by atoms with Crippen LogP contribution in [0, 0.1) is 6.92 Å². The summed E-state index contributed by atoms with van der Waals surface area (Å²) in [5.41, 5.74) is 1.68. The Hall–Kier alpha value is -1.49. The van der Waals surface area contributed by atoms with Crippen molar-refractivity contribution in [3.05, 3.63) is 29.8 Å². The van der Waals surface area contributed by atoms with Crippen LogP contribution in [0.15, 0.2) is 24.3 Å². The maximum Gasteiger partial charge on any atom is 0.327 e. The molecule has 2 rings (SSSR count). The SMILES string of the molecule is Cc1cccc(N2C(=O)CSCC2C(=O)O)c1. The Bertz CT molecular complexity index is 461. The van der Waals surface area contributed by atoms with Crippen molar-refractivity contribution in [1.82, 2.24) is 0 Å². The zero-order valence-electron chi connectivity index (χ0n) is 9.42. The Labute approximate surface area is 104 Å². The van der Waals surface area contributed by atoms with Gasteiger partial charge in [-0.05, 0) is 24.6 Å². The van der Waals surface area contributed by atoms with Gasteiger partial charge in [-0.3, -0.25) is 9.69 Å². The van der Waals surface area contributed by atoms with Crippen molar-refractivity contribution in [1.29, 1.82) is 0 Å². The number of hydrogen-bond acceptors (Lipinski definition) is 3. The lowest BCUT2D eigenvalue weighted by Crippen LogP contribution is -2.51. The molecule has 1 aromatic carbocycles. The summed E-state index contributed by atoms with van der Waals surface area (Å²) in [4.78, 5) is 24.4. The Morgan fingerprint density at radius 1 is 1.53 bits per heavy atom. The molecule has 1 aliphatic rings. The summed E-state index contributed by atoms with van der Waals surface area (Å²) in [6.07, 6.45) is 0. The van der Waals surface area contributed by atoms with E-state index in [1.54, 1.807) is 6.07 Å². The van der Waals surface area contributed by atoms with Crippen LogP contribution in [0.2, 0.25) is 0 Å². The van der Waals surface area contributed by atoms with Crippen LogP contribution in [0.1, 0.15) is 5.56 Å². The third-order valence-corrected chi connectivity index (χ3v) is 3.65. The molecular formula is C12H13NO3S. The van der Waals surface area contributed by atoms with Crippen LogP contribution in [0.5, 0.6) is 0 Å². The van der Waals surface area contributed by atoms with E-state index in [1.165, 1.54) is 16.7 Å². The standard InChI is InChI=1S/C12H13NO3S/c1-8-3-2-4-9(5-8)13-10(12(15)16)6-17-7-11(13)14/h2-5,10H,6-7H2,1H3,(H,15,16). The highest BCUT2D eigenvalue weighted by molar-refractivity contribution is 8.00. The molecule has 90 valence electrons. The number of carbonyl (C=O) groups is 2. The number of benzene rings is 1. The molecule has 1 aliphatic heterocycles. The van der Waals surface area contributed by atoms with Crippen LogP contribution in [-0.4, -0.2) is 34.5 Å². The van der Waals surface area contributed by atoms with E-state index in [2.05, 4.69) is 0 Å². The zero-order chi connectivity index (χ0) is 12.4. The van der Waals surface area contributed by atoms with Crippen LogP contribution in [-0.2, 0) is 9.59 Å². The molecule has 0 aliphatic carbocycles. The molecule has 1 amide bonds. The summed E-state index contributed by atoms with van der Waals surface area (Å²) in [7, 11) is 0. The number of aryl methyl sites for hydroxylation is 1. The van der Waals surface area contributed by atoms with E-state index in [4.69, 9.17) is 5.11 Å². The number of carbonyl (C=O) groups excluding carboxylic acids is 1. The smallest absolute Gasteiger partial charge is 0.327 e. The fourth-order valence-electron chi connectivity index (χ4n) is 1.86. The van der Waals surface area contributed by atoms with E-state index >= 15 is 0 Å². The minimum absolute atomic E-state index is 0.140. The third kappa shape index (κ3) is 2.44. The van der Waals surface area contributed by atoms with Gasteiger partial charge in [-0.15, -0.1) is 11.8 Å². The molecule has 0 saturated carbocycles. The maximum absolute atomic E-state index is 11.9.